The molecule has 0 bridgehead atoms. The van der Waals surface area contributed by atoms with E-state index in [9.17, 15) is 8.42 Å². The van der Waals surface area contributed by atoms with E-state index in [0.717, 1.165) is 4.31 Å². The maximum atomic E-state index is 11.2. The zero-order valence-corrected chi connectivity index (χ0v) is 9.10. The van der Waals surface area contributed by atoms with Crippen molar-refractivity contribution in [3.63, 3.8) is 0 Å². The first-order valence-corrected chi connectivity index (χ1v) is 5.30. The predicted octanol–water partition coefficient (Wildman–Crippen LogP) is 0.650. The molecule has 74 valence electrons. The van der Waals surface area contributed by atoms with E-state index in [-0.39, 0.29) is 5.94 Å². The van der Waals surface area contributed by atoms with Crippen LogP contribution in [0.3, 0.4) is 0 Å². The van der Waals surface area contributed by atoms with Crippen molar-refractivity contribution in [3.8, 4) is 0 Å². The second-order valence-electron chi connectivity index (χ2n) is 3.77. The molecule has 0 aromatic rings. The molecule has 0 spiro atoms. The van der Waals surface area contributed by atoms with Gasteiger partial charge in [0, 0.05) is 14.1 Å². The van der Waals surface area contributed by atoms with Gasteiger partial charge in [0.1, 0.15) is 0 Å². The Labute approximate surface area is 74.6 Å². The number of hydrogen-bond acceptors (Lipinski definition) is 3. The minimum Gasteiger partial charge on any atom is -0.359 e. The highest BCUT2D eigenvalue weighted by Gasteiger charge is 2.18. The number of sulfonamides is 1. The Morgan fingerprint density at radius 2 is 1.67 bits per heavy atom. The van der Waals surface area contributed by atoms with Gasteiger partial charge in [-0.05, 0) is 20.8 Å². The minimum atomic E-state index is -3.22. The molecule has 0 aromatic carbocycles. The van der Waals surface area contributed by atoms with Crippen LogP contribution in [0.5, 0.6) is 0 Å². The first-order valence-electron chi connectivity index (χ1n) is 3.69. The van der Waals surface area contributed by atoms with E-state index in [4.69, 9.17) is 4.74 Å². The summed E-state index contributed by atoms with van der Waals surface area (Å²) in [5.74, 6) is -0.260. The molecule has 0 unspecified atom stereocenters. The van der Waals surface area contributed by atoms with Crippen LogP contribution in [-0.4, -0.2) is 38.4 Å². The molecule has 0 aliphatic carbocycles. The number of nitrogens with zero attached hydrogens (tertiary/aromatic N) is 1. The summed E-state index contributed by atoms with van der Waals surface area (Å²) >= 11 is 0. The van der Waals surface area contributed by atoms with Gasteiger partial charge in [0.05, 0.1) is 5.60 Å². The lowest BCUT2D eigenvalue weighted by atomic mass is 10.2. The van der Waals surface area contributed by atoms with E-state index in [0.29, 0.717) is 0 Å². The molecule has 0 atom stereocenters. The normalized spacial score (nSPS) is 13.8. The zero-order chi connectivity index (χ0) is 9.99. The van der Waals surface area contributed by atoms with Gasteiger partial charge in [-0.25, -0.2) is 12.7 Å². The lowest BCUT2D eigenvalue weighted by molar-refractivity contribution is 0.0240. The molecular formula is C7H17NO3S. The van der Waals surface area contributed by atoms with Crippen molar-refractivity contribution in [1.29, 1.82) is 0 Å². The third-order valence-electron chi connectivity index (χ3n) is 1.20. The fourth-order valence-corrected chi connectivity index (χ4v) is 1.07. The largest absolute Gasteiger partial charge is 0.359 e. The van der Waals surface area contributed by atoms with Gasteiger partial charge in [0.25, 0.3) is 0 Å². The molecule has 4 nitrogen and oxygen atoms in total. The molecular weight excluding hydrogens is 178 g/mol. The maximum Gasteiger partial charge on any atom is 0.237 e. The highest BCUT2D eigenvalue weighted by Crippen LogP contribution is 2.08. The Kier molecular flexibility index (Phi) is 3.68. The molecule has 0 saturated heterocycles. The zero-order valence-electron chi connectivity index (χ0n) is 8.29. The van der Waals surface area contributed by atoms with Crippen LogP contribution in [0, 0.1) is 0 Å². The van der Waals surface area contributed by atoms with Crippen molar-refractivity contribution in [3.05, 3.63) is 0 Å². The quantitative estimate of drug-likeness (QED) is 0.664. The SMILES string of the molecule is CN(C)S(=O)(=O)COC(C)(C)C. The number of rotatable bonds is 3. The van der Waals surface area contributed by atoms with Gasteiger partial charge in [-0.15, -0.1) is 0 Å². The molecule has 5 heteroatoms. The predicted molar refractivity (Wildman–Crippen MR) is 48.3 cm³/mol. The van der Waals surface area contributed by atoms with Crippen LogP contribution in [0.2, 0.25) is 0 Å². The van der Waals surface area contributed by atoms with E-state index < -0.39 is 15.6 Å². The standard InChI is InChI=1S/C7H17NO3S/c1-7(2,3)11-6-12(9,10)8(4)5/h6H2,1-5H3. The van der Waals surface area contributed by atoms with E-state index in [1.807, 2.05) is 20.8 Å². The molecule has 0 aliphatic rings. The van der Waals surface area contributed by atoms with Crippen molar-refractivity contribution in [1.82, 2.24) is 4.31 Å². The molecule has 0 radical (unpaired) electrons. The Morgan fingerprint density at radius 1 is 1.25 bits per heavy atom. The van der Waals surface area contributed by atoms with Crippen LogP contribution in [0.25, 0.3) is 0 Å². The smallest absolute Gasteiger partial charge is 0.237 e. The van der Waals surface area contributed by atoms with Crippen LogP contribution in [0.4, 0.5) is 0 Å². The van der Waals surface area contributed by atoms with E-state index in [1.54, 1.807) is 0 Å². The molecule has 0 aliphatic heterocycles. The van der Waals surface area contributed by atoms with Crippen molar-refractivity contribution < 1.29 is 13.2 Å². The summed E-state index contributed by atoms with van der Waals surface area (Å²) in [7, 11) is -0.245. The van der Waals surface area contributed by atoms with Gasteiger partial charge in [-0.3, -0.25) is 0 Å². The highest BCUT2D eigenvalue weighted by molar-refractivity contribution is 7.88. The highest BCUT2D eigenvalue weighted by atomic mass is 32.2. The summed E-state index contributed by atoms with van der Waals surface area (Å²) < 4.78 is 28.6. The fourth-order valence-electron chi connectivity index (χ4n) is 0.357. The van der Waals surface area contributed by atoms with Gasteiger partial charge in [-0.2, -0.15) is 0 Å². The lowest BCUT2D eigenvalue weighted by Gasteiger charge is -2.20. The Balaban J connectivity index is 4.12. The molecule has 0 N–H and O–H groups in total. The molecule has 0 fully saturated rings. The van der Waals surface area contributed by atoms with Crippen LogP contribution in [-0.2, 0) is 14.8 Å². The average Bonchev–Trinajstić information content (AvgIpc) is 1.82. The molecule has 0 rings (SSSR count). The van der Waals surface area contributed by atoms with Gasteiger partial charge in [0.15, 0.2) is 5.94 Å². The Hall–Kier alpha value is -0.130. The van der Waals surface area contributed by atoms with E-state index in [1.165, 1.54) is 14.1 Å². The number of hydrogen-bond donors (Lipinski definition) is 0. The third-order valence-corrected chi connectivity index (χ3v) is 2.73. The van der Waals surface area contributed by atoms with Crippen molar-refractivity contribution >= 4 is 10.0 Å². The topological polar surface area (TPSA) is 46.6 Å². The summed E-state index contributed by atoms with van der Waals surface area (Å²) in [6, 6.07) is 0. The van der Waals surface area contributed by atoms with Gasteiger partial charge in [-0.1, -0.05) is 0 Å². The lowest BCUT2D eigenvalue weighted by Crippen LogP contribution is -2.31. The van der Waals surface area contributed by atoms with Crippen molar-refractivity contribution in [2.45, 2.75) is 26.4 Å². The Morgan fingerprint density at radius 3 is 1.92 bits per heavy atom. The van der Waals surface area contributed by atoms with Crippen molar-refractivity contribution in [2.24, 2.45) is 0 Å². The van der Waals surface area contributed by atoms with Crippen LogP contribution in [0.1, 0.15) is 20.8 Å². The second-order valence-corrected chi connectivity index (χ2v) is 5.90. The van der Waals surface area contributed by atoms with E-state index >= 15 is 0 Å². The van der Waals surface area contributed by atoms with Crippen LogP contribution >= 0.6 is 0 Å². The first kappa shape index (κ1) is 11.9. The summed E-state index contributed by atoms with van der Waals surface area (Å²) in [6.45, 7) is 5.45. The summed E-state index contributed by atoms with van der Waals surface area (Å²) in [5, 5.41) is 0. The van der Waals surface area contributed by atoms with Crippen LogP contribution in [0.15, 0.2) is 0 Å². The maximum absolute atomic E-state index is 11.2. The fraction of sp³-hybridized carbons (Fsp3) is 1.00. The summed E-state index contributed by atoms with van der Waals surface area (Å²) in [5.41, 5.74) is -0.414. The average molecular weight is 195 g/mol. The van der Waals surface area contributed by atoms with Gasteiger partial charge in [0.2, 0.25) is 10.0 Å². The van der Waals surface area contributed by atoms with Crippen LogP contribution < -0.4 is 0 Å². The first-order chi connectivity index (χ1) is 5.15. The van der Waals surface area contributed by atoms with Gasteiger partial charge < -0.3 is 4.74 Å². The van der Waals surface area contributed by atoms with Gasteiger partial charge >= 0.3 is 0 Å². The second kappa shape index (κ2) is 3.72. The molecule has 0 saturated carbocycles. The third kappa shape index (κ3) is 4.69. The molecule has 0 aromatic heterocycles. The summed E-state index contributed by atoms with van der Waals surface area (Å²) in [6.07, 6.45) is 0. The Bertz CT molecular complexity index is 226. The summed E-state index contributed by atoms with van der Waals surface area (Å²) in [4.78, 5) is 0. The molecule has 0 amide bonds. The molecule has 12 heavy (non-hydrogen) atoms. The minimum absolute atomic E-state index is 0.260. The monoisotopic (exact) mass is 195 g/mol. The van der Waals surface area contributed by atoms with E-state index in [2.05, 4.69) is 0 Å². The number of ether oxygens (including phenoxy) is 1. The molecule has 0 heterocycles. The van der Waals surface area contributed by atoms with Crippen molar-refractivity contribution in [2.75, 3.05) is 20.0 Å².